The van der Waals surface area contributed by atoms with Crippen molar-refractivity contribution in [1.29, 1.82) is 0 Å². The highest BCUT2D eigenvalue weighted by Gasteiger charge is 2.24. The molecule has 82 valence electrons. The monoisotopic (exact) mass is 198 g/mol. The van der Waals surface area contributed by atoms with Gasteiger partial charge in [-0.05, 0) is 25.7 Å². The van der Waals surface area contributed by atoms with Crippen LogP contribution in [0, 0.1) is 0 Å². The van der Waals surface area contributed by atoms with Crippen molar-refractivity contribution < 1.29 is 5.11 Å². The third-order valence-corrected chi connectivity index (χ3v) is 3.43. The maximum atomic E-state index is 9.81. The van der Waals surface area contributed by atoms with Crippen LogP contribution in [0.4, 0.5) is 0 Å². The third kappa shape index (κ3) is 2.69. The molecule has 2 atom stereocenters. The van der Waals surface area contributed by atoms with Crippen molar-refractivity contribution in [2.24, 2.45) is 0 Å². The molecule has 1 aliphatic heterocycles. The Morgan fingerprint density at radius 2 is 1.64 bits per heavy atom. The van der Waals surface area contributed by atoms with Crippen LogP contribution in [-0.4, -0.2) is 35.4 Å². The number of hydrazine groups is 1. The fraction of sp³-hybridized carbons (Fsp3) is 1.00. The first-order chi connectivity index (χ1) is 6.86. The summed E-state index contributed by atoms with van der Waals surface area (Å²) in [5.41, 5.74) is 3.49. The summed E-state index contributed by atoms with van der Waals surface area (Å²) in [6, 6.07) is 0.321. The van der Waals surface area contributed by atoms with Gasteiger partial charge in [-0.25, -0.2) is 10.4 Å². The smallest absolute Gasteiger partial charge is 0.0706 e. The van der Waals surface area contributed by atoms with Crippen LogP contribution >= 0.6 is 0 Å². The molecule has 0 aromatic heterocycles. The summed E-state index contributed by atoms with van der Waals surface area (Å²) in [6.07, 6.45) is 8.42. The number of aliphatic hydroxyl groups is 1. The zero-order valence-electron chi connectivity index (χ0n) is 8.91. The van der Waals surface area contributed by atoms with Gasteiger partial charge in [0.25, 0.3) is 0 Å². The molecule has 0 radical (unpaired) electrons. The summed E-state index contributed by atoms with van der Waals surface area (Å²) < 4.78 is 0. The number of aliphatic hydroxyl groups excluding tert-OH is 1. The second-order valence-corrected chi connectivity index (χ2v) is 4.64. The number of nitrogens with zero attached hydrogens (tertiary/aromatic N) is 1. The highest BCUT2D eigenvalue weighted by atomic mass is 16.3. The van der Waals surface area contributed by atoms with Crippen LogP contribution in [0.25, 0.3) is 0 Å². The average molecular weight is 198 g/mol. The zero-order chi connectivity index (χ0) is 9.80. The predicted octanol–water partition coefficient (Wildman–Crippen LogP) is 1.28. The van der Waals surface area contributed by atoms with E-state index in [0.717, 1.165) is 25.9 Å². The molecule has 0 aromatic carbocycles. The largest absolute Gasteiger partial charge is 0.391 e. The maximum absolute atomic E-state index is 9.81. The van der Waals surface area contributed by atoms with Gasteiger partial charge in [0.1, 0.15) is 0 Å². The molecule has 0 amide bonds. The minimum atomic E-state index is -0.120. The van der Waals surface area contributed by atoms with E-state index < -0.39 is 0 Å². The number of nitrogens with one attached hydrogen (secondary N) is 1. The van der Waals surface area contributed by atoms with Crippen molar-refractivity contribution >= 4 is 0 Å². The van der Waals surface area contributed by atoms with E-state index in [2.05, 4.69) is 10.4 Å². The molecule has 2 aliphatic rings. The Bertz CT molecular complexity index is 169. The van der Waals surface area contributed by atoms with Gasteiger partial charge in [0.05, 0.1) is 6.10 Å². The molecule has 0 spiro atoms. The number of piperidine rings is 1. The number of rotatable bonds is 2. The fourth-order valence-corrected chi connectivity index (χ4v) is 2.52. The van der Waals surface area contributed by atoms with Crippen molar-refractivity contribution in [3.8, 4) is 0 Å². The van der Waals surface area contributed by atoms with Gasteiger partial charge in [-0.3, -0.25) is 0 Å². The third-order valence-electron chi connectivity index (χ3n) is 3.43. The van der Waals surface area contributed by atoms with E-state index in [-0.39, 0.29) is 6.10 Å². The minimum absolute atomic E-state index is 0.120. The van der Waals surface area contributed by atoms with E-state index in [1.54, 1.807) is 0 Å². The van der Waals surface area contributed by atoms with Gasteiger partial charge in [0.2, 0.25) is 0 Å². The molecule has 2 rings (SSSR count). The summed E-state index contributed by atoms with van der Waals surface area (Å²) >= 11 is 0. The summed E-state index contributed by atoms with van der Waals surface area (Å²) in [7, 11) is 0. The quantitative estimate of drug-likeness (QED) is 0.701. The van der Waals surface area contributed by atoms with E-state index in [1.807, 2.05) is 0 Å². The first kappa shape index (κ1) is 10.4. The lowest BCUT2D eigenvalue weighted by Gasteiger charge is -2.35. The van der Waals surface area contributed by atoms with Gasteiger partial charge in [-0.1, -0.05) is 19.3 Å². The molecule has 14 heavy (non-hydrogen) atoms. The predicted molar refractivity (Wildman–Crippen MR) is 56.8 cm³/mol. The van der Waals surface area contributed by atoms with Crippen molar-refractivity contribution in [3.63, 3.8) is 0 Å². The molecule has 1 saturated carbocycles. The molecule has 3 nitrogen and oxygen atoms in total. The van der Waals surface area contributed by atoms with Gasteiger partial charge >= 0.3 is 0 Å². The van der Waals surface area contributed by atoms with E-state index in [4.69, 9.17) is 0 Å². The second-order valence-electron chi connectivity index (χ2n) is 4.64. The molecule has 0 bridgehead atoms. The van der Waals surface area contributed by atoms with E-state index >= 15 is 0 Å². The lowest BCUT2D eigenvalue weighted by Crippen LogP contribution is -2.52. The summed E-state index contributed by atoms with van der Waals surface area (Å²) in [5.74, 6) is 0. The maximum Gasteiger partial charge on any atom is 0.0706 e. The summed E-state index contributed by atoms with van der Waals surface area (Å²) in [5, 5.41) is 12.1. The molecule has 1 heterocycles. The normalized spacial score (nSPS) is 35.8. The highest BCUT2D eigenvalue weighted by Crippen LogP contribution is 2.19. The van der Waals surface area contributed by atoms with Crippen molar-refractivity contribution in [1.82, 2.24) is 10.4 Å². The van der Waals surface area contributed by atoms with Gasteiger partial charge in [0, 0.05) is 19.1 Å². The van der Waals surface area contributed by atoms with E-state index in [1.165, 1.54) is 32.1 Å². The van der Waals surface area contributed by atoms with Gasteiger partial charge in [-0.2, -0.15) is 0 Å². The molecular formula is C11H22N2O. The van der Waals surface area contributed by atoms with Crippen LogP contribution in [0.15, 0.2) is 0 Å². The van der Waals surface area contributed by atoms with Crippen LogP contribution in [0.1, 0.15) is 44.9 Å². The zero-order valence-corrected chi connectivity index (χ0v) is 8.91. The standard InChI is InChI=1S/C11H22N2O/c14-11-7-3-2-6-10(11)12-13-8-4-1-5-9-13/h10-12,14H,1-9H2/t10-,11-/m0/s1. The molecular weight excluding hydrogens is 176 g/mol. The SMILES string of the molecule is O[C@H]1CCCC[C@@H]1NN1CCCCC1. The molecule has 1 saturated heterocycles. The molecule has 2 N–H and O–H groups in total. The van der Waals surface area contributed by atoms with Crippen molar-refractivity contribution in [3.05, 3.63) is 0 Å². The average Bonchev–Trinajstić information content (AvgIpc) is 2.23. The Hall–Kier alpha value is -0.120. The van der Waals surface area contributed by atoms with Gasteiger partial charge in [-0.15, -0.1) is 0 Å². The number of hydrogen-bond donors (Lipinski definition) is 2. The van der Waals surface area contributed by atoms with E-state index in [0.29, 0.717) is 6.04 Å². The van der Waals surface area contributed by atoms with E-state index in [9.17, 15) is 5.11 Å². The Morgan fingerprint density at radius 3 is 2.36 bits per heavy atom. The van der Waals surface area contributed by atoms with Gasteiger partial charge in [0.15, 0.2) is 0 Å². The topological polar surface area (TPSA) is 35.5 Å². The molecule has 0 unspecified atom stereocenters. The van der Waals surface area contributed by atoms with Crippen LogP contribution in [0.2, 0.25) is 0 Å². The fourth-order valence-electron chi connectivity index (χ4n) is 2.52. The lowest BCUT2D eigenvalue weighted by atomic mass is 9.93. The first-order valence-corrected chi connectivity index (χ1v) is 6.05. The summed E-state index contributed by atoms with van der Waals surface area (Å²) in [4.78, 5) is 0. The van der Waals surface area contributed by atoms with Crippen LogP contribution < -0.4 is 5.43 Å². The Labute approximate surface area is 86.5 Å². The Morgan fingerprint density at radius 1 is 0.929 bits per heavy atom. The molecule has 3 heteroatoms. The van der Waals surface area contributed by atoms with Crippen LogP contribution in [0.5, 0.6) is 0 Å². The Kier molecular flexibility index (Phi) is 3.79. The number of hydrogen-bond acceptors (Lipinski definition) is 3. The lowest BCUT2D eigenvalue weighted by molar-refractivity contribution is 0.0313. The van der Waals surface area contributed by atoms with Crippen LogP contribution in [0.3, 0.4) is 0 Å². The summed E-state index contributed by atoms with van der Waals surface area (Å²) in [6.45, 7) is 2.31. The molecule has 1 aliphatic carbocycles. The first-order valence-electron chi connectivity index (χ1n) is 6.05. The second kappa shape index (κ2) is 5.10. The van der Waals surface area contributed by atoms with Crippen molar-refractivity contribution in [2.45, 2.75) is 57.1 Å². The van der Waals surface area contributed by atoms with Crippen molar-refractivity contribution in [2.75, 3.05) is 13.1 Å². The van der Waals surface area contributed by atoms with Gasteiger partial charge < -0.3 is 5.11 Å². The Balaban J connectivity index is 1.76. The molecule has 2 fully saturated rings. The molecule has 0 aromatic rings. The highest BCUT2D eigenvalue weighted by molar-refractivity contribution is 4.80. The van der Waals surface area contributed by atoms with Crippen LogP contribution in [-0.2, 0) is 0 Å². The minimum Gasteiger partial charge on any atom is -0.391 e.